The molecule has 0 bridgehead atoms. The van der Waals surface area contributed by atoms with E-state index in [0.29, 0.717) is 0 Å². The van der Waals surface area contributed by atoms with Gasteiger partial charge in [-0.25, -0.2) is 8.42 Å². The van der Waals surface area contributed by atoms with Crippen LogP contribution in [0, 0.1) is 6.92 Å². The van der Waals surface area contributed by atoms with E-state index in [4.69, 9.17) is 0 Å². The molecule has 2 aromatic carbocycles. The molecule has 0 fully saturated rings. The normalized spacial score (nSPS) is 13.0. The maximum absolute atomic E-state index is 13.3. The highest BCUT2D eigenvalue weighted by atomic mass is 79.9. The van der Waals surface area contributed by atoms with Gasteiger partial charge in [-0.05, 0) is 64.4 Å². The number of nitrogens with zero attached hydrogens (tertiary/aromatic N) is 2. The van der Waals surface area contributed by atoms with E-state index in [1.165, 1.54) is 24.1 Å². The average molecular weight is 539 g/mol. The second-order valence-corrected chi connectivity index (χ2v) is 12.1. The minimum Gasteiger partial charge on any atom is -0.350 e. The number of sulfonamides is 1. The molecule has 9 heteroatoms. The van der Waals surface area contributed by atoms with Crippen LogP contribution in [-0.2, 0) is 26.2 Å². The quantitative estimate of drug-likeness (QED) is 0.556. The van der Waals surface area contributed by atoms with Gasteiger partial charge in [-0.15, -0.1) is 0 Å². The Balaban J connectivity index is 2.28. The summed E-state index contributed by atoms with van der Waals surface area (Å²) in [5, 5.41) is 2.89. The van der Waals surface area contributed by atoms with Gasteiger partial charge in [0.2, 0.25) is 21.8 Å². The van der Waals surface area contributed by atoms with Crippen molar-refractivity contribution in [3.05, 3.63) is 64.1 Å². The number of amides is 2. The second kappa shape index (κ2) is 10.8. The number of rotatable bonds is 8. The molecule has 180 valence electrons. The lowest BCUT2D eigenvalue weighted by Crippen LogP contribution is -2.54. The van der Waals surface area contributed by atoms with Gasteiger partial charge in [0, 0.05) is 23.6 Å². The Morgan fingerprint density at radius 3 is 2.09 bits per heavy atom. The number of nitrogens with one attached hydrogen (secondary N) is 1. The van der Waals surface area contributed by atoms with Crippen LogP contribution in [0.5, 0.6) is 0 Å². The topological polar surface area (TPSA) is 86.8 Å². The lowest BCUT2D eigenvalue weighted by atomic mass is 10.1. The SMILES string of the molecule is Cc1ccc(S(=O)(=O)N(C)CC(=O)N(Cc2ccc(Br)cc2)[C@@H](C)C(=O)NC(C)(C)C)cc1. The smallest absolute Gasteiger partial charge is 0.243 e. The van der Waals surface area contributed by atoms with Crippen molar-refractivity contribution in [1.82, 2.24) is 14.5 Å². The van der Waals surface area contributed by atoms with Crippen LogP contribution < -0.4 is 5.32 Å². The molecule has 33 heavy (non-hydrogen) atoms. The molecule has 0 aliphatic carbocycles. The van der Waals surface area contributed by atoms with Crippen molar-refractivity contribution in [1.29, 1.82) is 0 Å². The summed E-state index contributed by atoms with van der Waals surface area (Å²) in [6.07, 6.45) is 0. The van der Waals surface area contributed by atoms with Gasteiger partial charge in [-0.2, -0.15) is 4.31 Å². The third-order valence-electron chi connectivity index (χ3n) is 5.02. The number of benzene rings is 2. The van der Waals surface area contributed by atoms with Gasteiger partial charge in [-0.3, -0.25) is 9.59 Å². The fraction of sp³-hybridized carbons (Fsp3) is 0.417. The van der Waals surface area contributed by atoms with Crippen LogP contribution in [0.4, 0.5) is 0 Å². The molecule has 0 saturated heterocycles. The third kappa shape index (κ3) is 7.65. The highest BCUT2D eigenvalue weighted by Crippen LogP contribution is 2.18. The molecule has 1 N–H and O–H groups in total. The summed E-state index contributed by atoms with van der Waals surface area (Å²) in [5.74, 6) is -0.773. The number of aryl methyl sites for hydroxylation is 1. The largest absolute Gasteiger partial charge is 0.350 e. The van der Waals surface area contributed by atoms with Crippen molar-refractivity contribution in [2.45, 2.75) is 57.6 Å². The van der Waals surface area contributed by atoms with Crippen molar-refractivity contribution in [3.8, 4) is 0 Å². The maximum atomic E-state index is 13.3. The molecule has 0 saturated carbocycles. The molecule has 0 heterocycles. The molecule has 2 rings (SSSR count). The highest BCUT2D eigenvalue weighted by molar-refractivity contribution is 9.10. The van der Waals surface area contributed by atoms with Gasteiger partial charge in [0.05, 0.1) is 11.4 Å². The van der Waals surface area contributed by atoms with E-state index < -0.39 is 27.5 Å². The summed E-state index contributed by atoms with van der Waals surface area (Å²) >= 11 is 3.39. The second-order valence-electron chi connectivity index (χ2n) is 9.14. The predicted molar refractivity (Wildman–Crippen MR) is 133 cm³/mol. The molecule has 0 aliphatic heterocycles. The maximum Gasteiger partial charge on any atom is 0.243 e. The predicted octanol–water partition coefficient (Wildman–Crippen LogP) is 3.71. The molecule has 1 atom stereocenters. The Labute approximate surface area is 205 Å². The average Bonchev–Trinajstić information content (AvgIpc) is 2.71. The number of hydrogen-bond acceptors (Lipinski definition) is 4. The van der Waals surface area contributed by atoms with E-state index in [9.17, 15) is 18.0 Å². The summed E-state index contributed by atoms with van der Waals surface area (Å²) in [5.41, 5.74) is 1.29. The van der Waals surface area contributed by atoms with Gasteiger partial charge in [0.1, 0.15) is 6.04 Å². The zero-order chi connectivity index (χ0) is 25.0. The molecule has 7 nitrogen and oxygen atoms in total. The first kappa shape index (κ1) is 27.0. The molecule has 2 aromatic rings. The van der Waals surface area contributed by atoms with Crippen molar-refractivity contribution >= 4 is 37.8 Å². The van der Waals surface area contributed by atoms with Gasteiger partial charge < -0.3 is 10.2 Å². The van der Waals surface area contributed by atoms with Crippen molar-refractivity contribution in [3.63, 3.8) is 0 Å². The molecule has 0 unspecified atom stereocenters. The minimum atomic E-state index is -3.86. The Morgan fingerprint density at radius 2 is 1.58 bits per heavy atom. The zero-order valence-corrected chi connectivity index (χ0v) is 22.3. The number of likely N-dealkylation sites (N-methyl/N-ethyl adjacent to an activating group) is 1. The highest BCUT2D eigenvalue weighted by Gasteiger charge is 2.31. The Bertz CT molecular complexity index is 1080. The fourth-order valence-corrected chi connectivity index (χ4v) is 4.48. The van der Waals surface area contributed by atoms with Crippen LogP contribution in [0.3, 0.4) is 0 Å². The van der Waals surface area contributed by atoms with E-state index in [1.54, 1.807) is 19.1 Å². The van der Waals surface area contributed by atoms with E-state index in [2.05, 4.69) is 21.2 Å². The molecule has 0 aromatic heterocycles. The number of carbonyl (C=O) groups is 2. The Hall–Kier alpha value is -2.23. The van der Waals surface area contributed by atoms with Crippen LogP contribution in [0.2, 0.25) is 0 Å². The third-order valence-corrected chi connectivity index (χ3v) is 7.37. The molecular weight excluding hydrogens is 506 g/mol. The molecular formula is C24H32BrN3O4S. The van der Waals surface area contributed by atoms with Gasteiger partial charge in [0.15, 0.2) is 0 Å². The summed E-state index contributed by atoms with van der Waals surface area (Å²) in [6.45, 7) is 8.88. The van der Waals surface area contributed by atoms with Crippen LogP contribution in [-0.4, -0.2) is 54.6 Å². The Kier molecular flexibility index (Phi) is 8.84. The Morgan fingerprint density at radius 1 is 1.03 bits per heavy atom. The summed E-state index contributed by atoms with van der Waals surface area (Å²) in [7, 11) is -2.49. The standard InChI is InChI=1S/C24H32BrN3O4S/c1-17-7-13-21(14-8-17)33(31,32)27(6)16-22(29)28(15-19-9-11-20(25)12-10-19)18(2)23(30)26-24(3,4)5/h7-14,18H,15-16H2,1-6H3,(H,26,30)/t18-/m0/s1. The van der Waals surface area contributed by atoms with E-state index >= 15 is 0 Å². The van der Waals surface area contributed by atoms with Crippen LogP contribution in [0.15, 0.2) is 57.9 Å². The number of halogens is 1. The van der Waals surface area contributed by atoms with E-state index in [-0.39, 0.29) is 23.9 Å². The lowest BCUT2D eigenvalue weighted by molar-refractivity contribution is -0.141. The first-order valence-corrected chi connectivity index (χ1v) is 12.8. The van der Waals surface area contributed by atoms with Crippen molar-refractivity contribution in [2.24, 2.45) is 0 Å². The lowest BCUT2D eigenvalue weighted by Gasteiger charge is -2.32. The van der Waals surface area contributed by atoms with Gasteiger partial charge in [0.25, 0.3) is 0 Å². The molecule has 2 amide bonds. The van der Waals surface area contributed by atoms with Crippen LogP contribution in [0.25, 0.3) is 0 Å². The first-order valence-electron chi connectivity index (χ1n) is 10.6. The minimum absolute atomic E-state index is 0.112. The summed E-state index contributed by atoms with van der Waals surface area (Å²) in [6, 6.07) is 13.1. The van der Waals surface area contributed by atoms with E-state index in [0.717, 1.165) is 19.9 Å². The summed E-state index contributed by atoms with van der Waals surface area (Å²) in [4.78, 5) is 27.7. The van der Waals surface area contributed by atoms with E-state index in [1.807, 2.05) is 52.0 Å². The molecule has 0 aliphatic rings. The van der Waals surface area contributed by atoms with Crippen LogP contribution in [0.1, 0.15) is 38.8 Å². The fourth-order valence-electron chi connectivity index (χ4n) is 3.10. The summed E-state index contributed by atoms with van der Waals surface area (Å²) < 4.78 is 27.8. The van der Waals surface area contributed by atoms with Gasteiger partial charge >= 0.3 is 0 Å². The van der Waals surface area contributed by atoms with Crippen molar-refractivity contribution < 1.29 is 18.0 Å². The van der Waals surface area contributed by atoms with Gasteiger partial charge in [-0.1, -0.05) is 45.8 Å². The number of hydrogen-bond donors (Lipinski definition) is 1. The van der Waals surface area contributed by atoms with Crippen molar-refractivity contribution in [2.75, 3.05) is 13.6 Å². The monoisotopic (exact) mass is 537 g/mol. The van der Waals surface area contributed by atoms with Crippen LogP contribution >= 0.6 is 15.9 Å². The molecule has 0 spiro atoms. The zero-order valence-electron chi connectivity index (χ0n) is 19.9. The first-order chi connectivity index (χ1) is 15.2. The number of carbonyl (C=O) groups excluding carboxylic acids is 2. The molecule has 0 radical (unpaired) electrons.